The Labute approximate surface area is 97.1 Å². The Balaban J connectivity index is 2.17. The Morgan fingerprint density at radius 1 is 1.53 bits per heavy atom. The van der Waals surface area contributed by atoms with E-state index in [-0.39, 0.29) is 6.04 Å². The summed E-state index contributed by atoms with van der Waals surface area (Å²) in [6.45, 7) is 2.10. The largest absolute Gasteiger partial charge is 0.327 e. The maximum absolute atomic E-state index is 5.88. The first-order valence-electron chi connectivity index (χ1n) is 4.88. The van der Waals surface area contributed by atoms with Crippen LogP contribution >= 0.6 is 23.1 Å². The van der Waals surface area contributed by atoms with E-state index in [9.17, 15) is 0 Å². The normalized spacial score (nSPS) is 13.2. The van der Waals surface area contributed by atoms with Gasteiger partial charge in [-0.05, 0) is 17.9 Å². The lowest BCUT2D eigenvalue weighted by Gasteiger charge is -2.07. The summed E-state index contributed by atoms with van der Waals surface area (Å²) in [4.78, 5) is 9.55. The van der Waals surface area contributed by atoms with Crippen molar-refractivity contribution in [3.05, 3.63) is 17.8 Å². The Morgan fingerprint density at radius 2 is 2.40 bits per heavy atom. The van der Waals surface area contributed by atoms with Crippen molar-refractivity contribution in [2.24, 2.45) is 5.73 Å². The first-order valence-corrected chi connectivity index (χ1v) is 6.74. The fourth-order valence-electron chi connectivity index (χ4n) is 1.19. The van der Waals surface area contributed by atoms with Crippen LogP contribution < -0.4 is 5.73 Å². The van der Waals surface area contributed by atoms with Crippen molar-refractivity contribution in [3.63, 3.8) is 0 Å². The SMILES string of the molecule is CCC(N)CSc1ncnc2sccc12. The summed E-state index contributed by atoms with van der Waals surface area (Å²) in [6, 6.07) is 2.32. The molecule has 2 aromatic heterocycles. The van der Waals surface area contributed by atoms with Crippen molar-refractivity contribution >= 4 is 33.3 Å². The predicted molar refractivity (Wildman–Crippen MR) is 66.4 cm³/mol. The molecule has 0 saturated carbocycles. The van der Waals surface area contributed by atoms with Gasteiger partial charge in [-0.15, -0.1) is 23.1 Å². The van der Waals surface area contributed by atoms with Crippen molar-refractivity contribution in [2.45, 2.75) is 24.4 Å². The first-order chi connectivity index (χ1) is 7.31. The van der Waals surface area contributed by atoms with E-state index >= 15 is 0 Å². The smallest absolute Gasteiger partial charge is 0.127 e. The number of hydrogen-bond donors (Lipinski definition) is 1. The Kier molecular flexibility index (Phi) is 3.56. The zero-order valence-electron chi connectivity index (χ0n) is 8.51. The fraction of sp³-hybridized carbons (Fsp3) is 0.400. The van der Waals surface area contributed by atoms with Gasteiger partial charge in [-0.2, -0.15) is 0 Å². The van der Waals surface area contributed by atoms with Gasteiger partial charge in [0.25, 0.3) is 0 Å². The molecule has 5 heteroatoms. The van der Waals surface area contributed by atoms with Gasteiger partial charge in [0.15, 0.2) is 0 Å². The van der Waals surface area contributed by atoms with Gasteiger partial charge in [-0.1, -0.05) is 6.92 Å². The molecular formula is C10H13N3S2. The van der Waals surface area contributed by atoms with Crippen LogP contribution in [0.3, 0.4) is 0 Å². The third-order valence-corrected chi connectivity index (χ3v) is 4.20. The van der Waals surface area contributed by atoms with Gasteiger partial charge < -0.3 is 5.73 Å². The molecule has 2 aromatic rings. The predicted octanol–water partition coefficient (Wildman–Crippen LogP) is 2.52. The van der Waals surface area contributed by atoms with E-state index in [2.05, 4.69) is 23.0 Å². The highest BCUT2D eigenvalue weighted by Crippen LogP contribution is 2.27. The van der Waals surface area contributed by atoms with Crippen molar-refractivity contribution in [1.82, 2.24) is 9.97 Å². The second-order valence-electron chi connectivity index (χ2n) is 3.30. The molecule has 2 heterocycles. The second-order valence-corrected chi connectivity index (χ2v) is 5.20. The zero-order chi connectivity index (χ0) is 10.7. The number of thiophene rings is 1. The molecule has 0 aliphatic rings. The molecule has 2 rings (SSSR count). The lowest BCUT2D eigenvalue weighted by Crippen LogP contribution is -2.21. The molecule has 0 radical (unpaired) electrons. The molecule has 0 aromatic carbocycles. The summed E-state index contributed by atoms with van der Waals surface area (Å²) in [5, 5.41) is 4.24. The van der Waals surface area contributed by atoms with Crippen LogP contribution in [-0.2, 0) is 0 Å². The van der Waals surface area contributed by atoms with Crippen LogP contribution in [0.1, 0.15) is 13.3 Å². The highest BCUT2D eigenvalue weighted by Gasteiger charge is 2.07. The number of rotatable bonds is 4. The van der Waals surface area contributed by atoms with Crippen LogP contribution in [0.5, 0.6) is 0 Å². The summed E-state index contributed by atoms with van der Waals surface area (Å²) in [5.74, 6) is 0.915. The van der Waals surface area contributed by atoms with E-state index in [0.29, 0.717) is 0 Å². The van der Waals surface area contributed by atoms with Gasteiger partial charge in [0.2, 0.25) is 0 Å². The lowest BCUT2D eigenvalue weighted by molar-refractivity contribution is 0.724. The number of nitrogens with two attached hydrogens (primary N) is 1. The molecule has 15 heavy (non-hydrogen) atoms. The summed E-state index contributed by atoms with van der Waals surface area (Å²) in [5.41, 5.74) is 5.88. The van der Waals surface area contributed by atoms with Crippen molar-refractivity contribution in [1.29, 1.82) is 0 Å². The van der Waals surface area contributed by atoms with E-state index in [1.807, 2.05) is 5.38 Å². The number of aromatic nitrogens is 2. The summed E-state index contributed by atoms with van der Waals surface area (Å²) >= 11 is 3.36. The number of thioether (sulfide) groups is 1. The van der Waals surface area contributed by atoms with Crippen molar-refractivity contribution < 1.29 is 0 Å². The molecule has 80 valence electrons. The first kappa shape index (κ1) is 10.9. The monoisotopic (exact) mass is 239 g/mol. The Morgan fingerprint density at radius 3 is 3.20 bits per heavy atom. The third-order valence-electron chi connectivity index (χ3n) is 2.18. The summed E-state index contributed by atoms with van der Waals surface area (Å²) in [6.07, 6.45) is 2.63. The quantitative estimate of drug-likeness (QED) is 0.658. The van der Waals surface area contributed by atoms with E-state index < -0.39 is 0 Å². The van der Waals surface area contributed by atoms with Gasteiger partial charge in [-0.3, -0.25) is 0 Å². The lowest BCUT2D eigenvalue weighted by atomic mass is 10.3. The van der Waals surface area contributed by atoms with Gasteiger partial charge in [0.1, 0.15) is 16.2 Å². The highest BCUT2D eigenvalue weighted by molar-refractivity contribution is 7.99. The maximum Gasteiger partial charge on any atom is 0.127 e. The molecule has 1 atom stereocenters. The van der Waals surface area contributed by atoms with Crippen LogP contribution in [0.15, 0.2) is 22.8 Å². The minimum Gasteiger partial charge on any atom is -0.327 e. The van der Waals surface area contributed by atoms with Crippen molar-refractivity contribution in [3.8, 4) is 0 Å². The zero-order valence-corrected chi connectivity index (χ0v) is 10.1. The van der Waals surface area contributed by atoms with E-state index in [1.54, 1.807) is 29.4 Å². The minimum atomic E-state index is 0.249. The summed E-state index contributed by atoms with van der Waals surface area (Å²) < 4.78 is 0. The average molecular weight is 239 g/mol. The topological polar surface area (TPSA) is 51.8 Å². The standard InChI is InChI=1S/C10H13N3S2/c1-2-7(11)5-15-10-8-3-4-14-9(8)12-6-13-10/h3-4,6-7H,2,5,11H2,1H3. The summed E-state index contributed by atoms with van der Waals surface area (Å²) in [7, 11) is 0. The molecule has 0 spiro atoms. The number of nitrogens with zero attached hydrogens (tertiary/aromatic N) is 2. The molecule has 0 saturated heterocycles. The molecule has 0 bridgehead atoms. The number of fused-ring (bicyclic) bond motifs is 1. The minimum absolute atomic E-state index is 0.249. The molecule has 0 amide bonds. The second kappa shape index (κ2) is 4.92. The van der Waals surface area contributed by atoms with Gasteiger partial charge in [0, 0.05) is 17.2 Å². The average Bonchev–Trinajstić information content (AvgIpc) is 2.74. The van der Waals surface area contributed by atoms with Crippen LogP contribution in [-0.4, -0.2) is 21.8 Å². The molecule has 3 nitrogen and oxygen atoms in total. The molecule has 1 unspecified atom stereocenters. The molecule has 0 aliphatic carbocycles. The maximum atomic E-state index is 5.88. The molecular weight excluding hydrogens is 226 g/mol. The van der Waals surface area contributed by atoms with Crippen LogP contribution in [0.4, 0.5) is 0 Å². The van der Waals surface area contributed by atoms with E-state index in [1.165, 1.54) is 0 Å². The molecule has 2 N–H and O–H groups in total. The van der Waals surface area contributed by atoms with Crippen molar-refractivity contribution in [2.75, 3.05) is 5.75 Å². The third kappa shape index (κ3) is 2.48. The molecule has 0 aliphatic heterocycles. The fourth-order valence-corrected chi connectivity index (χ4v) is 3.03. The molecule has 0 fully saturated rings. The van der Waals surface area contributed by atoms with Crippen LogP contribution in [0, 0.1) is 0 Å². The van der Waals surface area contributed by atoms with Gasteiger partial charge in [-0.25, -0.2) is 9.97 Å². The Bertz CT molecular complexity index is 441. The Hall–Kier alpha value is -0.650. The van der Waals surface area contributed by atoms with Crippen LogP contribution in [0.2, 0.25) is 0 Å². The van der Waals surface area contributed by atoms with Gasteiger partial charge >= 0.3 is 0 Å². The van der Waals surface area contributed by atoms with E-state index in [0.717, 1.165) is 27.4 Å². The highest BCUT2D eigenvalue weighted by atomic mass is 32.2. The van der Waals surface area contributed by atoms with Gasteiger partial charge in [0.05, 0.1) is 0 Å². The number of hydrogen-bond acceptors (Lipinski definition) is 5. The van der Waals surface area contributed by atoms with E-state index in [4.69, 9.17) is 5.73 Å². The van der Waals surface area contributed by atoms with Crippen LogP contribution in [0.25, 0.3) is 10.2 Å².